The molecule has 0 aromatic heterocycles. The van der Waals surface area contributed by atoms with E-state index in [0.29, 0.717) is 6.54 Å². The van der Waals surface area contributed by atoms with E-state index in [1.165, 1.54) is 11.1 Å². The minimum Gasteiger partial charge on any atom is -0.375 e. The number of hydrogen-bond acceptors (Lipinski definition) is 3. The predicted molar refractivity (Wildman–Crippen MR) is 113 cm³/mol. The SMILES string of the molecule is C=C/C=C(/CNCCC1(c2ccc(C)cc2)CCOC(C)(CC)C1)C(C)=O. The lowest BCUT2D eigenvalue weighted by Gasteiger charge is -2.47. The second-order valence-electron chi connectivity index (χ2n) is 8.14. The molecular formula is C24H35NO2. The zero-order valence-electron chi connectivity index (χ0n) is 17.4. The highest BCUT2D eigenvalue weighted by molar-refractivity contribution is 5.93. The third-order valence-electron chi connectivity index (χ3n) is 6.02. The van der Waals surface area contributed by atoms with Gasteiger partial charge in [0.15, 0.2) is 5.78 Å². The van der Waals surface area contributed by atoms with Crippen LogP contribution in [-0.4, -0.2) is 31.1 Å². The minimum absolute atomic E-state index is 0.0730. The molecule has 0 amide bonds. The molecule has 3 nitrogen and oxygen atoms in total. The van der Waals surface area contributed by atoms with Crippen LogP contribution in [0.3, 0.4) is 0 Å². The standard InChI is InChI=1S/C24H35NO2/c1-6-8-21(20(4)26)17-25-15-13-24(22-11-9-19(3)10-12-22)14-16-27-23(5,7-2)18-24/h6,8-12,25H,1,7,13-18H2,2-5H3/b21-8-. The van der Waals surface area contributed by atoms with Crippen molar-refractivity contribution in [3.63, 3.8) is 0 Å². The van der Waals surface area contributed by atoms with Gasteiger partial charge in [0.25, 0.3) is 0 Å². The summed E-state index contributed by atoms with van der Waals surface area (Å²) in [6.45, 7) is 14.1. The Labute approximate surface area is 164 Å². The van der Waals surface area contributed by atoms with Crippen molar-refractivity contribution in [2.24, 2.45) is 0 Å². The Morgan fingerprint density at radius 1 is 1.33 bits per heavy atom. The van der Waals surface area contributed by atoms with E-state index in [2.05, 4.69) is 56.9 Å². The molecule has 1 aromatic rings. The fraction of sp³-hybridized carbons (Fsp3) is 0.542. The summed E-state index contributed by atoms with van der Waals surface area (Å²) in [5.74, 6) is 0.0975. The van der Waals surface area contributed by atoms with E-state index in [1.807, 2.05) is 0 Å². The molecular weight excluding hydrogens is 334 g/mol. The van der Waals surface area contributed by atoms with E-state index in [4.69, 9.17) is 4.74 Å². The van der Waals surface area contributed by atoms with Gasteiger partial charge in [0.2, 0.25) is 0 Å². The van der Waals surface area contributed by atoms with E-state index < -0.39 is 0 Å². The van der Waals surface area contributed by atoms with Crippen molar-refractivity contribution < 1.29 is 9.53 Å². The quantitative estimate of drug-likeness (QED) is 0.382. The number of rotatable bonds is 9. The molecule has 0 spiro atoms. The zero-order valence-corrected chi connectivity index (χ0v) is 17.4. The maximum Gasteiger partial charge on any atom is 0.157 e. The summed E-state index contributed by atoms with van der Waals surface area (Å²) in [5, 5.41) is 3.47. The Morgan fingerprint density at radius 3 is 2.63 bits per heavy atom. The molecule has 148 valence electrons. The van der Waals surface area contributed by atoms with Crippen LogP contribution in [0.5, 0.6) is 0 Å². The van der Waals surface area contributed by atoms with Gasteiger partial charge in [-0.3, -0.25) is 4.79 Å². The van der Waals surface area contributed by atoms with Gasteiger partial charge in [0.05, 0.1) is 5.60 Å². The Kier molecular flexibility index (Phi) is 7.58. The topological polar surface area (TPSA) is 38.3 Å². The lowest BCUT2D eigenvalue weighted by atomic mass is 9.66. The van der Waals surface area contributed by atoms with Crippen molar-refractivity contribution in [2.45, 2.75) is 64.4 Å². The molecule has 0 aliphatic carbocycles. The van der Waals surface area contributed by atoms with Crippen LogP contribution < -0.4 is 5.32 Å². The van der Waals surface area contributed by atoms with Crippen LogP contribution in [0.25, 0.3) is 0 Å². The van der Waals surface area contributed by atoms with Gasteiger partial charge in [-0.25, -0.2) is 0 Å². The molecule has 1 heterocycles. The smallest absolute Gasteiger partial charge is 0.157 e. The largest absolute Gasteiger partial charge is 0.375 e. The van der Waals surface area contributed by atoms with Gasteiger partial charge in [-0.05, 0) is 58.6 Å². The lowest BCUT2D eigenvalue weighted by Crippen LogP contribution is -2.46. The number of allylic oxidation sites excluding steroid dienone is 2. The first-order chi connectivity index (χ1) is 12.8. The second kappa shape index (κ2) is 9.48. The first-order valence-corrected chi connectivity index (χ1v) is 10.1. The number of Topliss-reactive ketones (excluding diaryl/α,β-unsaturated/α-hetero) is 1. The highest BCUT2D eigenvalue weighted by Crippen LogP contribution is 2.45. The number of carbonyl (C=O) groups excluding carboxylic acids is 1. The summed E-state index contributed by atoms with van der Waals surface area (Å²) in [4.78, 5) is 11.7. The number of aryl methyl sites for hydroxylation is 1. The van der Waals surface area contributed by atoms with Gasteiger partial charge < -0.3 is 10.1 Å². The van der Waals surface area contributed by atoms with E-state index >= 15 is 0 Å². The van der Waals surface area contributed by atoms with Gasteiger partial charge in [-0.1, -0.05) is 55.5 Å². The van der Waals surface area contributed by atoms with Gasteiger partial charge in [-0.2, -0.15) is 0 Å². The number of benzene rings is 1. The molecule has 1 aliphatic rings. The van der Waals surface area contributed by atoms with Crippen LogP contribution in [0.2, 0.25) is 0 Å². The maximum absolute atomic E-state index is 11.7. The number of nitrogens with one attached hydrogen (secondary N) is 1. The average molecular weight is 370 g/mol. The van der Waals surface area contributed by atoms with Gasteiger partial charge in [0.1, 0.15) is 0 Å². The Hall–Kier alpha value is -1.71. The molecule has 1 aromatic carbocycles. The van der Waals surface area contributed by atoms with Crippen molar-refractivity contribution >= 4 is 5.78 Å². The van der Waals surface area contributed by atoms with E-state index in [0.717, 1.165) is 44.4 Å². The Bertz CT molecular complexity index is 676. The molecule has 27 heavy (non-hydrogen) atoms. The predicted octanol–water partition coefficient (Wildman–Crippen LogP) is 4.89. The summed E-state index contributed by atoms with van der Waals surface area (Å²) < 4.78 is 6.14. The minimum atomic E-state index is -0.0730. The third-order valence-corrected chi connectivity index (χ3v) is 6.02. The van der Waals surface area contributed by atoms with Crippen LogP contribution in [0.1, 0.15) is 57.6 Å². The van der Waals surface area contributed by atoms with Crippen LogP contribution in [0, 0.1) is 6.92 Å². The molecule has 2 unspecified atom stereocenters. The fourth-order valence-electron chi connectivity index (χ4n) is 4.08. The van der Waals surface area contributed by atoms with Crippen molar-refractivity contribution in [1.82, 2.24) is 5.32 Å². The van der Waals surface area contributed by atoms with Crippen molar-refractivity contribution in [1.29, 1.82) is 0 Å². The van der Waals surface area contributed by atoms with E-state index in [9.17, 15) is 4.79 Å². The van der Waals surface area contributed by atoms with Crippen molar-refractivity contribution in [2.75, 3.05) is 19.7 Å². The number of carbonyl (C=O) groups is 1. The summed E-state index contributed by atoms with van der Waals surface area (Å²) in [7, 11) is 0. The van der Waals surface area contributed by atoms with Crippen molar-refractivity contribution in [3.8, 4) is 0 Å². The van der Waals surface area contributed by atoms with Crippen LogP contribution >= 0.6 is 0 Å². The van der Waals surface area contributed by atoms with E-state index in [1.54, 1.807) is 19.1 Å². The molecule has 0 bridgehead atoms. The monoisotopic (exact) mass is 369 g/mol. The van der Waals surface area contributed by atoms with Gasteiger partial charge in [0, 0.05) is 24.1 Å². The number of ketones is 1. The zero-order chi connectivity index (χ0) is 19.9. The normalized spacial score (nSPS) is 26.0. The molecule has 1 N–H and O–H groups in total. The van der Waals surface area contributed by atoms with Crippen LogP contribution in [0.4, 0.5) is 0 Å². The number of hydrogen-bond donors (Lipinski definition) is 1. The van der Waals surface area contributed by atoms with E-state index in [-0.39, 0.29) is 16.8 Å². The molecule has 0 saturated carbocycles. The van der Waals surface area contributed by atoms with Crippen LogP contribution in [0.15, 0.2) is 48.6 Å². The number of ether oxygens (including phenoxy) is 1. The van der Waals surface area contributed by atoms with Gasteiger partial charge >= 0.3 is 0 Å². The summed E-state index contributed by atoms with van der Waals surface area (Å²) >= 11 is 0. The van der Waals surface area contributed by atoms with Crippen molar-refractivity contribution in [3.05, 3.63) is 59.7 Å². The molecule has 0 radical (unpaired) electrons. The highest BCUT2D eigenvalue weighted by Gasteiger charge is 2.43. The summed E-state index contributed by atoms with van der Waals surface area (Å²) in [6.07, 6.45) is 7.60. The lowest BCUT2D eigenvalue weighted by molar-refractivity contribution is -0.113. The van der Waals surface area contributed by atoms with Gasteiger partial charge in [-0.15, -0.1) is 0 Å². The molecule has 3 heteroatoms. The fourth-order valence-corrected chi connectivity index (χ4v) is 4.08. The maximum atomic E-state index is 11.7. The molecule has 1 aliphatic heterocycles. The Balaban J connectivity index is 2.14. The second-order valence-corrected chi connectivity index (χ2v) is 8.14. The van der Waals surface area contributed by atoms with Crippen LogP contribution in [-0.2, 0) is 14.9 Å². The highest BCUT2D eigenvalue weighted by atomic mass is 16.5. The average Bonchev–Trinajstić information content (AvgIpc) is 2.64. The molecule has 2 rings (SSSR count). The summed E-state index contributed by atoms with van der Waals surface area (Å²) in [5.41, 5.74) is 3.52. The molecule has 1 saturated heterocycles. The Morgan fingerprint density at radius 2 is 2.04 bits per heavy atom. The molecule has 2 atom stereocenters. The third kappa shape index (κ3) is 5.63. The first-order valence-electron chi connectivity index (χ1n) is 10.1. The summed E-state index contributed by atoms with van der Waals surface area (Å²) in [6, 6.07) is 9.00. The molecule has 1 fully saturated rings. The first kappa shape index (κ1) is 21.6.